The molecule has 1 aromatic carbocycles. The summed E-state index contributed by atoms with van der Waals surface area (Å²) < 4.78 is 4.97. The van der Waals surface area contributed by atoms with Crippen LogP contribution in [0.1, 0.15) is 5.56 Å². The molecule has 0 spiro atoms. The van der Waals surface area contributed by atoms with E-state index in [4.69, 9.17) is 4.74 Å². The molecule has 0 saturated carbocycles. The maximum atomic E-state index is 11.7. The number of rotatable bonds is 3. The van der Waals surface area contributed by atoms with Gasteiger partial charge in [0.15, 0.2) is 0 Å². The van der Waals surface area contributed by atoms with E-state index in [0.717, 1.165) is 5.56 Å². The number of hydrogen-bond donors (Lipinski definition) is 0. The number of carbonyl (C=O) groups is 1. The van der Waals surface area contributed by atoms with Gasteiger partial charge in [-0.2, -0.15) is 0 Å². The lowest BCUT2D eigenvalue weighted by Crippen LogP contribution is -2.19. The van der Waals surface area contributed by atoms with Crippen LogP contribution in [0.2, 0.25) is 0 Å². The summed E-state index contributed by atoms with van der Waals surface area (Å²) in [6, 6.07) is 9.25. The van der Waals surface area contributed by atoms with Crippen LogP contribution in [-0.2, 0) is 13.0 Å². The van der Waals surface area contributed by atoms with Crippen molar-refractivity contribution in [3.05, 3.63) is 43.8 Å². The van der Waals surface area contributed by atoms with Gasteiger partial charge in [-0.3, -0.25) is 0 Å². The highest BCUT2D eigenvalue weighted by atomic mass is 79.9. The van der Waals surface area contributed by atoms with Crippen LogP contribution in [-0.4, -0.2) is 5.97 Å². The number of alkyl halides is 2. The summed E-state index contributed by atoms with van der Waals surface area (Å²) in [5.41, 5.74) is 0.777. The summed E-state index contributed by atoms with van der Waals surface area (Å²) in [5, 5.41) is 0. The van der Waals surface area contributed by atoms with Crippen LogP contribution in [0.3, 0.4) is 0 Å². The quantitative estimate of drug-likeness (QED) is 0.280. The Kier molecular flexibility index (Phi) is 6.39. The third-order valence-corrected chi connectivity index (χ3v) is 5.49. The van der Waals surface area contributed by atoms with E-state index in [1.807, 2.05) is 30.3 Å². The zero-order valence-corrected chi connectivity index (χ0v) is 16.0. The highest BCUT2D eigenvalue weighted by Gasteiger charge is 2.31. The molecule has 0 unspecified atom stereocenters. The average molecular weight is 557 g/mol. The molecule has 0 aliphatic heterocycles. The largest absolute Gasteiger partial charge is 0.429 e. The Morgan fingerprint density at radius 1 is 1.06 bits per heavy atom. The molecule has 0 aliphatic rings. The van der Waals surface area contributed by atoms with E-state index in [1.165, 1.54) is 0 Å². The fourth-order valence-corrected chi connectivity index (χ4v) is 2.16. The van der Waals surface area contributed by atoms with E-state index in [0.29, 0.717) is 3.39 Å². The number of hydrogen-bond acceptors (Lipinski definition) is 2. The van der Waals surface area contributed by atoms with Crippen LogP contribution in [0.25, 0.3) is 0 Å². The van der Waals surface area contributed by atoms with E-state index in [-0.39, 0.29) is 4.48 Å². The Morgan fingerprint density at radius 3 is 2.06 bits per heavy atom. The van der Waals surface area contributed by atoms with Gasteiger partial charge in [-0.1, -0.05) is 30.3 Å². The van der Waals surface area contributed by atoms with E-state index < -0.39 is 9.39 Å². The maximum Gasteiger partial charge on any atom is 0.349 e. The molecule has 0 radical (unpaired) electrons. The summed E-state index contributed by atoms with van der Waals surface area (Å²) >= 11 is 16.0. The summed E-state index contributed by atoms with van der Waals surface area (Å²) in [6.45, 7) is 0. The van der Waals surface area contributed by atoms with Crippen LogP contribution < -0.4 is 0 Å². The molecule has 1 aromatic rings. The van der Waals surface area contributed by atoms with Gasteiger partial charge < -0.3 is 4.74 Å². The molecule has 0 atom stereocenters. The predicted octanol–water partition coefficient (Wildman–Crippen LogP) is 5.48. The highest BCUT2D eigenvalue weighted by molar-refractivity contribution is 9.29. The minimum absolute atomic E-state index is 0.261. The molecule has 2 nitrogen and oxygen atoms in total. The zero-order valence-electron chi connectivity index (χ0n) is 8.09. The molecule has 17 heavy (non-hydrogen) atoms. The summed E-state index contributed by atoms with van der Waals surface area (Å²) in [5.74, 6) is -0.522. The first kappa shape index (κ1) is 15.9. The van der Waals surface area contributed by atoms with E-state index in [2.05, 4.69) is 79.6 Å². The van der Waals surface area contributed by atoms with Gasteiger partial charge in [0.1, 0.15) is 4.48 Å². The monoisotopic (exact) mass is 552 g/mol. The van der Waals surface area contributed by atoms with Crippen molar-refractivity contribution >= 4 is 85.6 Å². The van der Waals surface area contributed by atoms with Crippen molar-refractivity contribution in [2.75, 3.05) is 0 Å². The molecule has 0 heterocycles. The van der Waals surface area contributed by atoms with Gasteiger partial charge in [0.05, 0.1) is 3.39 Å². The Hall–Kier alpha value is 0.830. The average Bonchev–Trinajstić information content (AvgIpc) is 2.28. The Balaban J connectivity index is 2.88. The standard InChI is InChI=1S/C10H5Br5O2/c11-7(8(12)13)9(16)17-10(14,15)6-4-2-1-3-5-6/h1-5H. The molecule has 0 aromatic heterocycles. The van der Waals surface area contributed by atoms with Crippen molar-refractivity contribution in [2.24, 2.45) is 0 Å². The maximum absolute atomic E-state index is 11.7. The zero-order chi connectivity index (χ0) is 13.1. The van der Waals surface area contributed by atoms with Gasteiger partial charge in [0, 0.05) is 5.56 Å². The lowest BCUT2D eigenvalue weighted by atomic mass is 10.2. The molecule has 0 saturated heterocycles. The van der Waals surface area contributed by atoms with Crippen molar-refractivity contribution in [2.45, 2.75) is 3.42 Å². The summed E-state index contributed by atoms with van der Waals surface area (Å²) in [7, 11) is 0. The Bertz CT molecular complexity index is 437. The molecule has 0 amide bonds. The highest BCUT2D eigenvalue weighted by Crippen LogP contribution is 2.40. The number of carbonyl (C=O) groups excluding carboxylic acids is 1. The number of halogens is 5. The molecule has 92 valence electrons. The topological polar surface area (TPSA) is 26.3 Å². The lowest BCUT2D eigenvalue weighted by Gasteiger charge is -2.21. The van der Waals surface area contributed by atoms with E-state index in [1.54, 1.807) is 0 Å². The minimum atomic E-state index is -1.05. The second-order valence-electron chi connectivity index (χ2n) is 2.85. The first-order valence-corrected chi connectivity index (χ1v) is 8.18. The minimum Gasteiger partial charge on any atom is -0.429 e. The van der Waals surface area contributed by atoms with Crippen molar-refractivity contribution in [1.29, 1.82) is 0 Å². The molecule has 0 N–H and O–H groups in total. The third-order valence-electron chi connectivity index (χ3n) is 1.68. The van der Waals surface area contributed by atoms with Gasteiger partial charge in [0.2, 0.25) is 3.42 Å². The molecule has 1 rings (SSSR count). The van der Waals surface area contributed by atoms with Crippen LogP contribution in [0.4, 0.5) is 0 Å². The van der Waals surface area contributed by atoms with Crippen molar-refractivity contribution in [3.63, 3.8) is 0 Å². The van der Waals surface area contributed by atoms with E-state index in [9.17, 15) is 4.79 Å². The van der Waals surface area contributed by atoms with Gasteiger partial charge in [-0.25, -0.2) is 4.79 Å². The Morgan fingerprint density at radius 2 is 1.59 bits per heavy atom. The number of ether oxygens (including phenoxy) is 1. The smallest absolute Gasteiger partial charge is 0.349 e. The second kappa shape index (κ2) is 6.84. The Labute approximate surface area is 141 Å². The summed E-state index contributed by atoms with van der Waals surface area (Å²) in [6.07, 6.45) is 0. The van der Waals surface area contributed by atoms with Crippen LogP contribution in [0.15, 0.2) is 38.2 Å². The normalized spacial score (nSPS) is 10.9. The van der Waals surface area contributed by atoms with Crippen molar-refractivity contribution in [3.8, 4) is 0 Å². The van der Waals surface area contributed by atoms with Gasteiger partial charge in [0.25, 0.3) is 0 Å². The van der Waals surface area contributed by atoms with Gasteiger partial charge >= 0.3 is 5.97 Å². The molecule has 0 bridgehead atoms. The van der Waals surface area contributed by atoms with Crippen LogP contribution >= 0.6 is 79.6 Å². The molecule has 0 aliphatic carbocycles. The van der Waals surface area contributed by atoms with Crippen molar-refractivity contribution < 1.29 is 9.53 Å². The van der Waals surface area contributed by atoms with Crippen molar-refractivity contribution in [1.82, 2.24) is 0 Å². The molecule has 7 heteroatoms. The first-order chi connectivity index (χ1) is 7.84. The lowest BCUT2D eigenvalue weighted by molar-refractivity contribution is -0.140. The van der Waals surface area contributed by atoms with E-state index >= 15 is 0 Å². The fraction of sp³-hybridized carbons (Fsp3) is 0.100. The molecular formula is C10H5Br5O2. The summed E-state index contributed by atoms with van der Waals surface area (Å²) in [4.78, 5) is 11.7. The molecule has 0 fully saturated rings. The molecular weight excluding hydrogens is 552 g/mol. The SMILES string of the molecule is O=C(OC(Br)(Br)c1ccccc1)C(Br)=C(Br)Br. The number of esters is 1. The fourth-order valence-electron chi connectivity index (χ4n) is 0.929. The third kappa shape index (κ3) is 4.78. The second-order valence-corrected chi connectivity index (χ2v) is 9.59. The number of benzene rings is 1. The predicted molar refractivity (Wildman–Crippen MR) is 85.9 cm³/mol. The van der Waals surface area contributed by atoms with Gasteiger partial charge in [-0.15, -0.1) is 0 Å². The first-order valence-electron chi connectivity index (χ1n) is 4.22. The van der Waals surface area contributed by atoms with Gasteiger partial charge in [-0.05, 0) is 79.6 Å². The van der Waals surface area contributed by atoms with Crippen LogP contribution in [0.5, 0.6) is 0 Å². The van der Waals surface area contributed by atoms with Crippen LogP contribution in [0, 0.1) is 0 Å².